The quantitative estimate of drug-likeness (QED) is 0.739. The molecule has 0 atom stereocenters. The van der Waals surface area contributed by atoms with E-state index in [0.717, 1.165) is 5.56 Å². The van der Waals surface area contributed by atoms with E-state index in [-0.39, 0.29) is 17.4 Å². The summed E-state index contributed by atoms with van der Waals surface area (Å²) in [6.45, 7) is 1.38. The molecule has 0 radical (unpaired) electrons. The standard InChI is InChI=1S/C18H17N5O3/c19-17-16(18(24)20-11-12-4-2-1-3-5-12)21-22-23(17)13-6-7-14-15(10-13)26-9-8-25-14/h1-7,10H,8-9,11,19H2,(H,20,24). The Morgan fingerprint density at radius 1 is 1.12 bits per heavy atom. The minimum Gasteiger partial charge on any atom is -0.486 e. The van der Waals surface area contributed by atoms with Gasteiger partial charge in [0.15, 0.2) is 23.0 Å². The minimum absolute atomic E-state index is 0.0795. The molecule has 0 spiro atoms. The molecule has 3 N–H and O–H groups in total. The zero-order valence-electron chi connectivity index (χ0n) is 13.9. The first-order valence-corrected chi connectivity index (χ1v) is 8.16. The van der Waals surface area contributed by atoms with Gasteiger partial charge < -0.3 is 20.5 Å². The lowest BCUT2D eigenvalue weighted by Gasteiger charge is -2.18. The molecule has 0 saturated carbocycles. The third-order valence-corrected chi connectivity index (χ3v) is 3.99. The van der Waals surface area contributed by atoms with Crippen molar-refractivity contribution in [2.75, 3.05) is 18.9 Å². The molecule has 2 heterocycles. The van der Waals surface area contributed by atoms with Crippen molar-refractivity contribution in [1.82, 2.24) is 20.3 Å². The lowest BCUT2D eigenvalue weighted by Crippen LogP contribution is -2.24. The van der Waals surface area contributed by atoms with Crippen LogP contribution in [0, 0.1) is 0 Å². The Balaban J connectivity index is 1.53. The fraction of sp³-hybridized carbons (Fsp3) is 0.167. The fourth-order valence-corrected chi connectivity index (χ4v) is 2.67. The Kier molecular flexibility index (Phi) is 4.14. The molecule has 0 aliphatic carbocycles. The molecule has 0 bridgehead atoms. The predicted octanol–water partition coefficient (Wildman–Crippen LogP) is 1.55. The van der Waals surface area contributed by atoms with Crippen molar-refractivity contribution in [3.8, 4) is 17.2 Å². The highest BCUT2D eigenvalue weighted by Gasteiger charge is 2.20. The molecule has 26 heavy (non-hydrogen) atoms. The maximum absolute atomic E-state index is 12.4. The molecule has 132 valence electrons. The molecule has 3 aromatic rings. The number of nitrogens with zero attached hydrogens (tertiary/aromatic N) is 3. The van der Waals surface area contributed by atoms with Crippen molar-refractivity contribution >= 4 is 11.7 Å². The molecule has 1 aromatic heterocycles. The van der Waals surface area contributed by atoms with Crippen LogP contribution in [-0.2, 0) is 6.54 Å². The summed E-state index contributed by atoms with van der Waals surface area (Å²) in [5.74, 6) is 1.06. The van der Waals surface area contributed by atoms with E-state index in [1.54, 1.807) is 18.2 Å². The van der Waals surface area contributed by atoms with E-state index in [1.165, 1.54) is 4.68 Å². The predicted molar refractivity (Wildman–Crippen MR) is 94.4 cm³/mol. The summed E-state index contributed by atoms with van der Waals surface area (Å²) in [7, 11) is 0. The van der Waals surface area contributed by atoms with Crippen molar-refractivity contribution in [3.05, 3.63) is 59.8 Å². The first-order valence-electron chi connectivity index (χ1n) is 8.16. The maximum Gasteiger partial charge on any atom is 0.275 e. The highest BCUT2D eigenvalue weighted by Crippen LogP contribution is 2.32. The zero-order chi connectivity index (χ0) is 17.9. The van der Waals surface area contributed by atoms with Gasteiger partial charge >= 0.3 is 0 Å². The molecule has 1 aliphatic rings. The number of carbonyl (C=O) groups is 1. The Hall–Kier alpha value is -3.55. The molecule has 0 fully saturated rings. The summed E-state index contributed by atoms with van der Waals surface area (Å²) >= 11 is 0. The van der Waals surface area contributed by atoms with Gasteiger partial charge in [0, 0.05) is 12.6 Å². The molecule has 8 nitrogen and oxygen atoms in total. The number of carbonyl (C=O) groups excluding carboxylic acids is 1. The number of nitrogen functional groups attached to an aromatic ring is 1. The molecule has 4 rings (SSSR count). The van der Waals surface area contributed by atoms with E-state index in [9.17, 15) is 4.79 Å². The van der Waals surface area contributed by atoms with Crippen molar-refractivity contribution < 1.29 is 14.3 Å². The van der Waals surface area contributed by atoms with E-state index in [0.29, 0.717) is 36.9 Å². The van der Waals surface area contributed by atoms with Crippen LogP contribution in [0.2, 0.25) is 0 Å². The van der Waals surface area contributed by atoms with Crippen LogP contribution in [0.1, 0.15) is 16.1 Å². The van der Waals surface area contributed by atoms with E-state index in [1.807, 2.05) is 30.3 Å². The number of ether oxygens (including phenoxy) is 2. The molecule has 2 aromatic carbocycles. The van der Waals surface area contributed by atoms with E-state index < -0.39 is 0 Å². The maximum atomic E-state index is 12.4. The van der Waals surface area contributed by atoms with Gasteiger partial charge in [-0.05, 0) is 17.7 Å². The van der Waals surface area contributed by atoms with Gasteiger partial charge in [-0.3, -0.25) is 4.79 Å². The largest absolute Gasteiger partial charge is 0.486 e. The Labute approximate surface area is 149 Å². The highest BCUT2D eigenvalue weighted by atomic mass is 16.6. The van der Waals surface area contributed by atoms with Gasteiger partial charge in [0.1, 0.15) is 13.2 Å². The van der Waals surface area contributed by atoms with Gasteiger partial charge in [0.25, 0.3) is 5.91 Å². The number of anilines is 1. The number of hydrogen-bond acceptors (Lipinski definition) is 6. The van der Waals surface area contributed by atoms with Crippen molar-refractivity contribution in [2.24, 2.45) is 0 Å². The van der Waals surface area contributed by atoms with Crippen LogP contribution in [0.4, 0.5) is 5.82 Å². The summed E-state index contributed by atoms with van der Waals surface area (Å²) in [5, 5.41) is 10.7. The van der Waals surface area contributed by atoms with Gasteiger partial charge in [0.2, 0.25) is 0 Å². The van der Waals surface area contributed by atoms with Crippen LogP contribution < -0.4 is 20.5 Å². The SMILES string of the molecule is Nc1c(C(=O)NCc2ccccc2)nnn1-c1ccc2c(c1)OCCO2. The minimum atomic E-state index is -0.379. The molecular formula is C18H17N5O3. The van der Waals surface area contributed by atoms with Crippen molar-refractivity contribution in [2.45, 2.75) is 6.54 Å². The monoisotopic (exact) mass is 351 g/mol. The van der Waals surface area contributed by atoms with E-state index in [4.69, 9.17) is 15.2 Å². The molecule has 8 heteroatoms. The number of hydrogen-bond donors (Lipinski definition) is 2. The number of nitrogens with one attached hydrogen (secondary N) is 1. The number of fused-ring (bicyclic) bond motifs is 1. The van der Waals surface area contributed by atoms with Gasteiger partial charge in [0.05, 0.1) is 5.69 Å². The average molecular weight is 351 g/mol. The van der Waals surface area contributed by atoms with E-state index >= 15 is 0 Å². The Morgan fingerprint density at radius 2 is 1.88 bits per heavy atom. The average Bonchev–Trinajstić information content (AvgIpc) is 3.08. The topological polar surface area (TPSA) is 104 Å². The fourth-order valence-electron chi connectivity index (χ4n) is 2.67. The lowest BCUT2D eigenvalue weighted by molar-refractivity contribution is 0.0946. The summed E-state index contributed by atoms with van der Waals surface area (Å²) in [5.41, 5.74) is 7.79. The zero-order valence-corrected chi connectivity index (χ0v) is 13.9. The third kappa shape index (κ3) is 3.04. The number of rotatable bonds is 4. The third-order valence-electron chi connectivity index (χ3n) is 3.99. The Morgan fingerprint density at radius 3 is 2.69 bits per heavy atom. The van der Waals surface area contributed by atoms with Crippen LogP contribution in [-0.4, -0.2) is 34.1 Å². The normalized spacial score (nSPS) is 12.6. The smallest absolute Gasteiger partial charge is 0.275 e. The van der Waals surface area contributed by atoms with Crippen LogP contribution in [0.25, 0.3) is 5.69 Å². The molecule has 1 amide bonds. The van der Waals surface area contributed by atoms with Crippen LogP contribution in [0.5, 0.6) is 11.5 Å². The van der Waals surface area contributed by atoms with E-state index in [2.05, 4.69) is 15.6 Å². The molecule has 0 saturated heterocycles. The number of nitrogens with two attached hydrogens (primary N) is 1. The van der Waals surface area contributed by atoms with Gasteiger partial charge in [-0.15, -0.1) is 5.10 Å². The van der Waals surface area contributed by atoms with Crippen LogP contribution in [0.3, 0.4) is 0 Å². The second-order valence-electron chi connectivity index (χ2n) is 5.73. The first kappa shape index (κ1) is 15.9. The van der Waals surface area contributed by atoms with Crippen molar-refractivity contribution in [3.63, 3.8) is 0 Å². The number of benzene rings is 2. The van der Waals surface area contributed by atoms with Crippen molar-refractivity contribution in [1.29, 1.82) is 0 Å². The van der Waals surface area contributed by atoms with Gasteiger partial charge in [-0.1, -0.05) is 35.5 Å². The number of aromatic nitrogens is 3. The summed E-state index contributed by atoms with van der Waals surface area (Å²) in [6, 6.07) is 14.9. The molecule has 1 aliphatic heterocycles. The van der Waals surface area contributed by atoms with Gasteiger partial charge in [-0.2, -0.15) is 4.68 Å². The summed E-state index contributed by atoms with van der Waals surface area (Å²) in [4.78, 5) is 12.4. The lowest BCUT2D eigenvalue weighted by atomic mass is 10.2. The van der Waals surface area contributed by atoms with Gasteiger partial charge in [-0.25, -0.2) is 0 Å². The second kappa shape index (κ2) is 6.75. The number of amides is 1. The first-order chi connectivity index (χ1) is 12.7. The van der Waals surface area contributed by atoms with Crippen LogP contribution >= 0.6 is 0 Å². The van der Waals surface area contributed by atoms with Crippen LogP contribution in [0.15, 0.2) is 48.5 Å². The summed E-state index contributed by atoms with van der Waals surface area (Å²) in [6.07, 6.45) is 0. The molecular weight excluding hydrogens is 334 g/mol. The Bertz CT molecular complexity index is 939. The summed E-state index contributed by atoms with van der Waals surface area (Å²) < 4.78 is 12.5. The molecule has 0 unspecified atom stereocenters. The highest BCUT2D eigenvalue weighted by molar-refractivity contribution is 5.96. The second-order valence-corrected chi connectivity index (χ2v) is 5.73.